The molecular formula is C16H14N6. The molecule has 108 valence electrons. The molecule has 1 aromatic carbocycles. The van der Waals surface area contributed by atoms with Gasteiger partial charge in [0.2, 0.25) is 0 Å². The number of rotatable bonds is 3. The molecule has 0 saturated carbocycles. The van der Waals surface area contributed by atoms with Crippen LogP contribution in [0.5, 0.6) is 0 Å². The Balaban J connectivity index is 1.80. The van der Waals surface area contributed by atoms with Gasteiger partial charge in [0.1, 0.15) is 0 Å². The van der Waals surface area contributed by atoms with Gasteiger partial charge in [0.05, 0.1) is 35.7 Å². The highest BCUT2D eigenvalue weighted by Gasteiger charge is 2.10. The number of aryl methyl sites for hydroxylation is 1. The number of nitrogens with zero attached hydrogens (tertiary/aromatic N) is 5. The van der Waals surface area contributed by atoms with E-state index >= 15 is 0 Å². The van der Waals surface area contributed by atoms with Crippen molar-refractivity contribution in [2.75, 3.05) is 5.32 Å². The lowest BCUT2D eigenvalue weighted by molar-refractivity contribution is 0.768. The average Bonchev–Trinajstić information content (AvgIpc) is 3.15. The van der Waals surface area contributed by atoms with Gasteiger partial charge >= 0.3 is 0 Å². The number of benzene rings is 1. The molecule has 0 atom stereocenters. The van der Waals surface area contributed by atoms with E-state index in [1.165, 1.54) is 0 Å². The highest BCUT2D eigenvalue weighted by molar-refractivity contribution is 5.76. The minimum absolute atomic E-state index is 0.783. The molecule has 0 bridgehead atoms. The Bertz CT molecular complexity index is 922. The SMILES string of the molecule is Cn1cc(Nc2ccnn3c(-c4ccccc4)cnc23)cn1. The van der Waals surface area contributed by atoms with Crippen LogP contribution in [-0.4, -0.2) is 24.4 Å². The molecule has 0 aliphatic carbocycles. The van der Waals surface area contributed by atoms with E-state index in [1.807, 2.05) is 60.4 Å². The number of hydrogen-bond acceptors (Lipinski definition) is 4. The molecule has 4 rings (SSSR count). The van der Waals surface area contributed by atoms with E-state index < -0.39 is 0 Å². The number of anilines is 2. The fraction of sp³-hybridized carbons (Fsp3) is 0.0625. The standard InChI is InChI=1S/C16H14N6/c1-21-11-13(9-19-21)20-14-7-8-18-22-15(10-17-16(14)22)12-5-3-2-4-6-12/h2-11,20H,1H3. The summed E-state index contributed by atoms with van der Waals surface area (Å²) in [6.07, 6.45) is 7.29. The second-order valence-electron chi connectivity index (χ2n) is 5.02. The van der Waals surface area contributed by atoms with Gasteiger partial charge in [-0.2, -0.15) is 10.2 Å². The topological polar surface area (TPSA) is 60.0 Å². The molecular weight excluding hydrogens is 276 g/mol. The van der Waals surface area contributed by atoms with Gasteiger partial charge in [-0.15, -0.1) is 0 Å². The summed E-state index contributed by atoms with van der Waals surface area (Å²) in [7, 11) is 1.89. The number of fused-ring (bicyclic) bond motifs is 1. The van der Waals surface area contributed by atoms with Gasteiger partial charge in [0.25, 0.3) is 0 Å². The molecule has 0 aliphatic rings. The van der Waals surface area contributed by atoms with E-state index in [2.05, 4.69) is 20.5 Å². The predicted molar refractivity (Wildman–Crippen MR) is 84.9 cm³/mol. The van der Waals surface area contributed by atoms with Crippen molar-refractivity contribution in [1.82, 2.24) is 24.4 Å². The zero-order chi connectivity index (χ0) is 14.9. The molecule has 3 heterocycles. The van der Waals surface area contributed by atoms with Gasteiger partial charge in [-0.05, 0) is 6.07 Å². The van der Waals surface area contributed by atoms with Crippen LogP contribution in [0.4, 0.5) is 11.4 Å². The van der Waals surface area contributed by atoms with Crippen LogP contribution in [0.3, 0.4) is 0 Å². The molecule has 1 N–H and O–H groups in total. The first-order chi connectivity index (χ1) is 10.8. The maximum atomic E-state index is 4.51. The number of nitrogens with one attached hydrogen (secondary N) is 1. The third-order valence-corrected chi connectivity index (χ3v) is 3.46. The van der Waals surface area contributed by atoms with Crippen LogP contribution in [-0.2, 0) is 7.05 Å². The Hall–Kier alpha value is -3.15. The molecule has 6 heteroatoms. The molecule has 6 nitrogen and oxygen atoms in total. The monoisotopic (exact) mass is 290 g/mol. The van der Waals surface area contributed by atoms with Gasteiger partial charge in [-0.25, -0.2) is 9.50 Å². The van der Waals surface area contributed by atoms with E-state index in [-0.39, 0.29) is 0 Å². The van der Waals surface area contributed by atoms with Crippen molar-refractivity contribution in [3.63, 3.8) is 0 Å². The molecule has 3 aromatic heterocycles. The van der Waals surface area contributed by atoms with E-state index in [9.17, 15) is 0 Å². The zero-order valence-corrected chi connectivity index (χ0v) is 12.0. The molecule has 0 spiro atoms. The zero-order valence-electron chi connectivity index (χ0n) is 12.0. The Labute approximate surface area is 127 Å². The first-order valence-electron chi connectivity index (χ1n) is 6.95. The van der Waals surface area contributed by atoms with Crippen molar-refractivity contribution in [1.29, 1.82) is 0 Å². The Morgan fingerprint density at radius 1 is 1.00 bits per heavy atom. The van der Waals surface area contributed by atoms with Crippen molar-refractivity contribution in [3.05, 3.63) is 61.2 Å². The van der Waals surface area contributed by atoms with E-state index in [0.29, 0.717) is 0 Å². The van der Waals surface area contributed by atoms with Gasteiger partial charge in [0.15, 0.2) is 5.65 Å². The average molecular weight is 290 g/mol. The molecule has 22 heavy (non-hydrogen) atoms. The van der Waals surface area contributed by atoms with Crippen LogP contribution in [0.2, 0.25) is 0 Å². The quantitative estimate of drug-likeness (QED) is 0.630. The molecule has 4 aromatic rings. The summed E-state index contributed by atoms with van der Waals surface area (Å²) in [5.41, 5.74) is 4.64. The summed E-state index contributed by atoms with van der Waals surface area (Å²) in [5, 5.41) is 11.9. The van der Waals surface area contributed by atoms with Gasteiger partial charge in [0, 0.05) is 18.8 Å². The summed E-state index contributed by atoms with van der Waals surface area (Å²) >= 11 is 0. The minimum Gasteiger partial charge on any atom is -0.350 e. The minimum atomic E-state index is 0.783. The molecule has 0 unspecified atom stereocenters. The fourth-order valence-corrected chi connectivity index (χ4v) is 2.44. The van der Waals surface area contributed by atoms with Crippen molar-refractivity contribution in [3.8, 4) is 11.3 Å². The van der Waals surface area contributed by atoms with Crippen molar-refractivity contribution >= 4 is 17.0 Å². The van der Waals surface area contributed by atoms with Crippen LogP contribution in [0.15, 0.2) is 61.2 Å². The molecule has 0 aliphatic heterocycles. The summed E-state index contributed by atoms with van der Waals surface area (Å²) in [6, 6.07) is 12.0. The number of aromatic nitrogens is 5. The molecule has 0 radical (unpaired) electrons. The third kappa shape index (κ3) is 2.10. The second kappa shape index (κ2) is 5.00. The van der Waals surface area contributed by atoms with Gasteiger partial charge in [-0.3, -0.25) is 4.68 Å². The lowest BCUT2D eigenvalue weighted by atomic mass is 10.2. The Morgan fingerprint density at radius 2 is 1.86 bits per heavy atom. The number of imidazole rings is 1. The molecule has 0 fully saturated rings. The van der Waals surface area contributed by atoms with E-state index in [1.54, 1.807) is 17.1 Å². The second-order valence-corrected chi connectivity index (χ2v) is 5.02. The van der Waals surface area contributed by atoms with E-state index in [4.69, 9.17) is 0 Å². The first kappa shape index (κ1) is 12.6. The Kier molecular flexibility index (Phi) is 2.86. The maximum absolute atomic E-state index is 4.51. The van der Waals surface area contributed by atoms with Gasteiger partial charge in [-0.1, -0.05) is 30.3 Å². The summed E-state index contributed by atoms with van der Waals surface area (Å²) in [4.78, 5) is 4.51. The number of hydrogen-bond donors (Lipinski definition) is 1. The van der Waals surface area contributed by atoms with E-state index in [0.717, 1.165) is 28.3 Å². The lowest BCUT2D eigenvalue weighted by Gasteiger charge is -2.06. The highest BCUT2D eigenvalue weighted by Crippen LogP contribution is 2.25. The van der Waals surface area contributed by atoms with Gasteiger partial charge < -0.3 is 5.32 Å². The predicted octanol–water partition coefficient (Wildman–Crippen LogP) is 2.87. The first-order valence-corrected chi connectivity index (χ1v) is 6.95. The van der Waals surface area contributed by atoms with Crippen LogP contribution >= 0.6 is 0 Å². The summed E-state index contributed by atoms with van der Waals surface area (Å²) < 4.78 is 3.59. The summed E-state index contributed by atoms with van der Waals surface area (Å²) in [6.45, 7) is 0. The lowest BCUT2D eigenvalue weighted by Crippen LogP contribution is -1.98. The van der Waals surface area contributed by atoms with Crippen LogP contribution < -0.4 is 5.32 Å². The maximum Gasteiger partial charge on any atom is 0.177 e. The summed E-state index contributed by atoms with van der Waals surface area (Å²) in [5.74, 6) is 0. The third-order valence-electron chi connectivity index (χ3n) is 3.46. The fourth-order valence-electron chi connectivity index (χ4n) is 2.44. The Morgan fingerprint density at radius 3 is 2.64 bits per heavy atom. The van der Waals surface area contributed by atoms with Crippen LogP contribution in [0.25, 0.3) is 16.9 Å². The normalized spacial score (nSPS) is 11.0. The van der Waals surface area contributed by atoms with Crippen LogP contribution in [0.1, 0.15) is 0 Å². The van der Waals surface area contributed by atoms with Crippen molar-refractivity contribution in [2.45, 2.75) is 0 Å². The smallest absolute Gasteiger partial charge is 0.177 e. The highest BCUT2D eigenvalue weighted by atomic mass is 15.3. The molecule has 0 saturated heterocycles. The largest absolute Gasteiger partial charge is 0.350 e. The molecule has 0 amide bonds. The van der Waals surface area contributed by atoms with Crippen molar-refractivity contribution < 1.29 is 0 Å². The van der Waals surface area contributed by atoms with Crippen molar-refractivity contribution in [2.24, 2.45) is 7.05 Å². The van der Waals surface area contributed by atoms with Crippen LogP contribution in [0, 0.1) is 0 Å².